The molecule has 0 saturated heterocycles. The van der Waals surface area contributed by atoms with Crippen molar-refractivity contribution in [2.75, 3.05) is 5.32 Å². The van der Waals surface area contributed by atoms with Gasteiger partial charge in [0.2, 0.25) is 11.8 Å². The summed E-state index contributed by atoms with van der Waals surface area (Å²) in [7, 11) is 0. The fourth-order valence-electron chi connectivity index (χ4n) is 4.41. The molecule has 0 saturated carbocycles. The Morgan fingerprint density at radius 3 is 2.09 bits per heavy atom. The number of carbonyl (C=O) groups excluding carboxylic acids is 2. The van der Waals surface area contributed by atoms with Crippen LogP contribution in [0.15, 0.2) is 108 Å². The fraction of sp³-hybridized carbons (Fsp3) is 0.133. The first-order valence-electron chi connectivity index (χ1n) is 11.8. The lowest BCUT2D eigenvalue weighted by Crippen LogP contribution is -2.23. The van der Waals surface area contributed by atoms with Crippen molar-refractivity contribution in [1.29, 1.82) is 0 Å². The normalized spacial score (nSPS) is 12.0. The molecule has 0 radical (unpaired) electrons. The van der Waals surface area contributed by atoms with E-state index in [0.717, 1.165) is 38.0 Å². The van der Waals surface area contributed by atoms with Crippen molar-refractivity contribution in [3.8, 4) is 0 Å². The van der Waals surface area contributed by atoms with E-state index in [4.69, 9.17) is 0 Å². The summed E-state index contributed by atoms with van der Waals surface area (Å²) in [5.41, 5.74) is 3.56. The minimum Gasteiger partial charge on any atom is -0.326 e. The monoisotopic (exact) mass is 478 g/mol. The van der Waals surface area contributed by atoms with E-state index >= 15 is 0 Å². The SMILES string of the molecule is CCC(Sc1cccc(NC(=O)Cc2ccccc2)c1)C(=O)n1c2ccccc2c2ccccc21. The number of nitrogens with zero attached hydrogens (tertiary/aromatic N) is 1. The molecule has 1 aromatic heterocycles. The van der Waals surface area contributed by atoms with Gasteiger partial charge in [-0.15, -0.1) is 11.8 Å². The molecule has 1 amide bonds. The third-order valence-electron chi connectivity index (χ3n) is 6.05. The molecule has 1 atom stereocenters. The number of para-hydroxylation sites is 2. The molecule has 4 aromatic carbocycles. The van der Waals surface area contributed by atoms with E-state index in [1.807, 2.05) is 102 Å². The van der Waals surface area contributed by atoms with E-state index in [-0.39, 0.29) is 17.1 Å². The molecule has 5 aromatic rings. The molecule has 0 aliphatic rings. The number of hydrogen-bond donors (Lipinski definition) is 1. The molecule has 0 spiro atoms. The second kappa shape index (κ2) is 10.2. The Morgan fingerprint density at radius 2 is 1.43 bits per heavy atom. The van der Waals surface area contributed by atoms with Crippen molar-refractivity contribution in [1.82, 2.24) is 4.57 Å². The Kier molecular flexibility index (Phi) is 6.68. The minimum absolute atomic E-state index is 0.0632. The van der Waals surface area contributed by atoms with Gasteiger partial charge in [0.05, 0.1) is 22.7 Å². The molecule has 5 rings (SSSR count). The molecule has 0 bridgehead atoms. The van der Waals surface area contributed by atoms with Crippen molar-refractivity contribution < 1.29 is 9.59 Å². The second-order valence-corrected chi connectivity index (χ2v) is 9.74. The van der Waals surface area contributed by atoms with Crippen LogP contribution in [0.1, 0.15) is 23.7 Å². The number of nitrogens with one attached hydrogen (secondary N) is 1. The highest BCUT2D eigenvalue weighted by Gasteiger charge is 2.24. The molecule has 0 aliphatic heterocycles. The summed E-state index contributed by atoms with van der Waals surface area (Å²) in [6, 6.07) is 33.5. The number of aromatic nitrogens is 1. The van der Waals surface area contributed by atoms with Crippen LogP contribution < -0.4 is 5.32 Å². The van der Waals surface area contributed by atoms with Crippen LogP contribution in [0.4, 0.5) is 5.69 Å². The summed E-state index contributed by atoms with van der Waals surface area (Å²) >= 11 is 1.54. The van der Waals surface area contributed by atoms with Gasteiger partial charge < -0.3 is 5.32 Å². The highest BCUT2D eigenvalue weighted by Crippen LogP contribution is 2.33. The number of amides is 1. The summed E-state index contributed by atoms with van der Waals surface area (Å²) in [6.45, 7) is 2.04. The zero-order valence-corrected chi connectivity index (χ0v) is 20.3. The Hall–Kier alpha value is -3.83. The maximum atomic E-state index is 13.8. The lowest BCUT2D eigenvalue weighted by molar-refractivity contribution is -0.115. The Labute approximate surface area is 209 Å². The lowest BCUT2D eigenvalue weighted by atomic mass is 10.1. The lowest BCUT2D eigenvalue weighted by Gasteiger charge is -2.16. The summed E-state index contributed by atoms with van der Waals surface area (Å²) in [4.78, 5) is 27.3. The maximum absolute atomic E-state index is 13.8. The largest absolute Gasteiger partial charge is 0.326 e. The zero-order valence-electron chi connectivity index (χ0n) is 19.5. The molecule has 1 heterocycles. The quantitative estimate of drug-likeness (QED) is 0.252. The molecule has 4 nitrogen and oxygen atoms in total. The fourth-order valence-corrected chi connectivity index (χ4v) is 5.46. The van der Waals surface area contributed by atoms with Gasteiger partial charge in [-0.2, -0.15) is 0 Å². The predicted octanol–water partition coefficient (Wildman–Crippen LogP) is 7.19. The number of hydrogen-bond acceptors (Lipinski definition) is 3. The molecular formula is C30H26N2O2S. The highest BCUT2D eigenvalue weighted by molar-refractivity contribution is 8.00. The first-order valence-corrected chi connectivity index (χ1v) is 12.6. The van der Waals surface area contributed by atoms with Gasteiger partial charge in [-0.1, -0.05) is 79.7 Å². The molecule has 35 heavy (non-hydrogen) atoms. The molecule has 0 aliphatic carbocycles. The third-order valence-corrected chi connectivity index (χ3v) is 7.40. The van der Waals surface area contributed by atoms with E-state index in [1.165, 1.54) is 11.8 Å². The van der Waals surface area contributed by atoms with Crippen LogP contribution in [0.25, 0.3) is 21.8 Å². The number of rotatable bonds is 7. The van der Waals surface area contributed by atoms with Crippen LogP contribution in [0.2, 0.25) is 0 Å². The Morgan fingerprint density at radius 1 is 0.800 bits per heavy atom. The van der Waals surface area contributed by atoms with Gasteiger partial charge in [0.1, 0.15) is 0 Å². The predicted molar refractivity (Wildman–Crippen MR) is 145 cm³/mol. The standard InChI is InChI=1S/C30H26N2O2S/c1-2-28(30(34)32-26-17-8-6-15-24(26)25-16-7-9-18-27(25)32)35-23-14-10-13-22(20-23)31-29(33)19-21-11-4-3-5-12-21/h3-18,20,28H,2,19H2,1H3,(H,31,33). The Bertz CT molecular complexity index is 1450. The summed E-state index contributed by atoms with van der Waals surface area (Å²) < 4.78 is 1.86. The molecule has 1 unspecified atom stereocenters. The number of thioether (sulfide) groups is 1. The van der Waals surface area contributed by atoms with Gasteiger partial charge in [0, 0.05) is 21.4 Å². The summed E-state index contributed by atoms with van der Waals surface area (Å²) in [5, 5.41) is 4.89. The van der Waals surface area contributed by atoms with Gasteiger partial charge in [-0.05, 0) is 42.3 Å². The van der Waals surface area contributed by atoms with E-state index < -0.39 is 0 Å². The average molecular weight is 479 g/mol. The Balaban J connectivity index is 1.37. The topological polar surface area (TPSA) is 51.1 Å². The molecule has 0 fully saturated rings. The van der Waals surface area contributed by atoms with Crippen LogP contribution in [0.5, 0.6) is 0 Å². The van der Waals surface area contributed by atoms with Crippen molar-refractivity contribution in [3.05, 3.63) is 109 Å². The van der Waals surface area contributed by atoms with Gasteiger partial charge in [-0.3, -0.25) is 14.2 Å². The van der Waals surface area contributed by atoms with Gasteiger partial charge in [-0.25, -0.2) is 0 Å². The van der Waals surface area contributed by atoms with E-state index in [1.54, 1.807) is 0 Å². The molecule has 1 N–H and O–H groups in total. The summed E-state index contributed by atoms with van der Waals surface area (Å²) in [6.07, 6.45) is 1.01. The average Bonchev–Trinajstić information content (AvgIpc) is 3.22. The van der Waals surface area contributed by atoms with Crippen LogP contribution in [0, 0.1) is 0 Å². The van der Waals surface area contributed by atoms with Crippen molar-refractivity contribution in [3.63, 3.8) is 0 Å². The van der Waals surface area contributed by atoms with Crippen molar-refractivity contribution in [2.45, 2.75) is 29.9 Å². The third kappa shape index (κ3) is 4.86. The van der Waals surface area contributed by atoms with Crippen molar-refractivity contribution >= 4 is 51.1 Å². The zero-order chi connectivity index (χ0) is 24.2. The van der Waals surface area contributed by atoms with Crippen LogP contribution in [0.3, 0.4) is 0 Å². The number of fused-ring (bicyclic) bond motifs is 3. The molecule has 174 valence electrons. The molecule has 5 heteroatoms. The smallest absolute Gasteiger partial charge is 0.245 e. The highest BCUT2D eigenvalue weighted by atomic mass is 32.2. The molecular weight excluding hydrogens is 452 g/mol. The maximum Gasteiger partial charge on any atom is 0.245 e. The van der Waals surface area contributed by atoms with Gasteiger partial charge in [0.25, 0.3) is 0 Å². The minimum atomic E-state index is -0.260. The number of anilines is 1. The number of benzene rings is 4. The summed E-state index contributed by atoms with van der Waals surface area (Å²) in [5.74, 6) is 0.000153. The van der Waals surface area contributed by atoms with Gasteiger partial charge in [0.15, 0.2) is 0 Å². The number of carbonyl (C=O) groups is 2. The van der Waals surface area contributed by atoms with Crippen LogP contribution >= 0.6 is 11.8 Å². The van der Waals surface area contributed by atoms with Gasteiger partial charge >= 0.3 is 0 Å². The first kappa shape index (κ1) is 22.9. The van der Waals surface area contributed by atoms with E-state index in [0.29, 0.717) is 12.8 Å². The first-order chi connectivity index (χ1) is 17.1. The van der Waals surface area contributed by atoms with E-state index in [9.17, 15) is 9.59 Å². The van der Waals surface area contributed by atoms with Crippen LogP contribution in [-0.4, -0.2) is 21.6 Å². The van der Waals surface area contributed by atoms with Crippen LogP contribution in [-0.2, 0) is 11.2 Å². The van der Waals surface area contributed by atoms with E-state index in [2.05, 4.69) is 17.4 Å². The van der Waals surface area contributed by atoms with Crippen molar-refractivity contribution in [2.24, 2.45) is 0 Å². The second-order valence-electron chi connectivity index (χ2n) is 8.46.